The number of nitriles is 1. The van der Waals surface area contributed by atoms with Gasteiger partial charge in [0.05, 0.1) is 21.7 Å². The Hall–Kier alpha value is -3.63. The molecule has 2 aromatic carbocycles. The average molecular weight is 750 g/mol. The van der Waals surface area contributed by atoms with E-state index < -0.39 is 34.8 Å². The average Bonchev–Trinajstić information content (AvgIpc) is 3.60. The van der Waals surface area contributed by atoms with Crippen LogP contribution in [-0.2, 0) is 10.9 Å². The first-order chi connectivity index (χ1) is 24.4. The number of likely N-dealkylation sites (tertiary alicyclic amines) is 1. The molecular weight excluding hydrogens is 701 g/mol. The van der Waals surface area contributed by atoms with E-state index in [1.807, 2.05) is 30.6 Å². The Balaban J connectivity index is 2.12. The molecule has 0 radical (unpaired) electrons. The van der Waals surface area contributed by atoms with Gasteiger partial charge in [0, 0.05) is 47.0 Å². The fraction of sp³-hybridized carbons (Fsp3) is 0.538. The van der Waals surface area contributed by atoms with Gasteiger partial charge in [0.25, 0.3) is 0 Å². The molecule has 1 saturated heterocycles. The number of nitrogens with one attached hydrogen (secondary N) is 2. The lowest BCUT2D eigenvalue weighted by Crippen LogP contribution is -2.37. The summed E-state index contributed by atoms with van der Waals surface area (Å²) in [5, 5.41) is 19.2. The van der Waals surface area contributed by atoms with Crippen molar-refractivity contribution in [3.63, 3.8) is 0 Å². The number of thioether (sulfide) groups is 1. The first-order valence-electron chi connectivity index (χ1n) is 17.8. The summed E-state index contributed by atoms with van der Waals surface area (Å²) < 4.78 is 98.3. The Morgan fingerprint density at radius 1 is 1.19 bits per heavy atom. The van der Waals surface area contributed by atoms with Gasteiger partial charge in [0.2, 0.25) is 0 Å². The molecule has 4 rings (SSSR count). The highest BCUT2D eigenvalue weighted by molar-refractivity contribution is 8.15. The number of hydrogen-bond acceptors (Lipinski definition) is 7. The van der Waals surface area contributed by atoms with Gasteiger partial charge in [-0.15, -0.1) is 0 Å². The normalized spacial score (nSPS) is 20.5. The van der Waals surface area contributed by atoms with Crippen molar-refractivity contribution in [1.29, 1.82) is 10.7 Å². The van der Waals surface area contributed by atoms with E-state index in [1.165, 1.54) is 0 Å². The molecule has 52 heavy (non-hydrogen) atoms. The van der Waals surface area contributed by atoms with Crippen molar-refractivity contribution in [2.75, 3.05) is 32.6 Å². The number of halogens is 6. The van der Waals surface area contributed by atoms with Crippen LogP contribution in [0, 0.1) is 50.6 Å². The van der Waals surface area contributed by atoms with Crippen molar-refractivity contribution >= 4 is 33.8 Å². The minimum atomic E-state index is -5.07. The molecular formula is C39H49F6N5OS. The third kappa shape index (κ3) is 8.76. The molecule has 0 saturated carbocycles. The fourth-order valence-electron chi connectivity index (χ4n) is 6.95. The van der Waals surface area contributed by atoms with Crippen molar-refractivity contribution in [3.05, 3.63) is 68.2 Å². The topological polar surface area (TPSA) is 75.4 Å². The van der Waals surface area contributed by atoms with Crippen molar-refractivity contribution in [2.45, 2.75) is 103 Å². The molecule has 4 unspecified atom stereocenters. The number of likely N-dealkylation sites (N-methyl/N-ethyl adjacent to an activating group) is 1. The second-order valence-electron chi connectivity index (χ2n) is 14.2. The summed E-state index contributed by atoms with van der Waals surface area (Å²) in [6.07, 6.45) is -1.14. The Bertz CT molecular complexity index is 1960. The molecule has 2 heterocycles. The van der Waals surface area contributed by atoms with Gasteiger partial charge in [-0.2, -0.15) is 18.4 Å². The van der Waals surface area contributed by atoms with Crippen molar-refractivity contribution < 1.29 is 31.1 Å². The van der Waals surface area contributed by atoms with Gasteiger partial charge in [-0.05, 0) is 74.9 Å². The molecule has 0 aromatic heterocycles. The quantitative estimate of drug-likeness (QED) is 0.158. The summed E-state index contributed by atoms with van der Waals surface area (Å²) in [5.74, 6) is -1.47. The lowest BCUT2D eigenvalue weighted by Gasteiger charge is -2.35. The van der Waals surface area contributed by atoms with E-state index in [0.29, 0.717) is 29.8 Å². The Labute approximate surface area is 306 Å². The summed E-state index contributed by atoms with van der Waals surface area (Å²) in [4.78, 5) is 3.51. The Kier molecular flexibility index (Phi) is 13.5. The number of anilines is 1. The molecule has 2 aromatic rings. The molecule has 0 spiro atoms. The minimum Gasteiger partial charge on any atom is -0.478 e. The number of allylic oxidation sites excluding steroid dienone is 1. The third-order valence-electron chi connectivity index (χ3n) is 10.3. The first-order valence-corrected chi connectivity index (χ1v) is 18.6. The summed E-state index contributed by atoms with van der Waals surface area (Å²) in [6.45, 7) is 12.1. The molecule has 1 fully saturated rings. The van der Waals surface area contributed by atoms with E-state index in [9.17, 15) is 9.65 Å². The Morgan fingerprint density at radius 2 is 1.88 bits per heavy atom. The van der Waals surface area contributed by atoms with Crippen LogP contribution in [0.5, 0.6) is 0 Å². The Morgan fingerprint density at radius 3 is 2.44 bits per heavy atom. The van der Waals surface area contributed by atoms with E-state index in [2.05, 4.69) is 19.2 Å². The largest absolute Gasteiger partial charge is 0.478 e. The van der Waals surface area contributed by atoms with Crippen LogP contribution in [0.4, 0.5) is 32.0 Å². The second-order valence-corrected chi connectivity index (χ2v) is 15.2. The van der Waals surface area contributed by atoms with Crippen molar-refractivity contribution in [2.24, 2.45) is 11.8 Å². The zero-order valence-electron chi connectivity index (χ0n) is 31.1. The lowest BCUT2D eigenvalue weighted by molar-refractivity contribution is -0.138. The predicted octanol–water partition coefficient (Wildman–Crippen LogP) is 8.66. The van der Waals surface area contributed by atoms with E-state index in [4.69, 9.17) is 10.1 Å². The van der Waals surface area contributed by atoms with E-state index in [0.717, 1.165) is 37.5 Å². The van der Waals surface area contributed by atoms with Crippen LogP contribution >= 0.6 is 11.8 Å². The number of hydrogen-bond donors (Lipinski definition) is 2. The molecule has 13 heteroatoms. The van der Waals surface area contributed by atoms with Crippen LogP contribution in [0.3, 0.4) is 0 Å². The number of benzene rings is 2. The first kappa shape index (κ1) is 41.1. The SMILES string of the molecule is CC/C=C(/Nc1c(F)/c(=c2/ccc(F)c3c2=C(C#N)C(=N)S3)c(C(F)(F)F)c/c1=C(/C)N(C)C(CCC(C)CC)C(C)C)OCC1CC(F)CN1C. The maximum absolute atomic E-state index is 17.5. The van der Waals surface area contributed by atoms with Crippen LogP contribution < -0.4 is 15.8 Å². The van der Waals surface area contributed by atoms with Gasteiger partial charge in [-0.1, -0.05) is 58.9 Å². The fourth-order valence-corrected chi connectivity index (χ4v) is 7.88. The maximum Gasteiger partial charge on any atom is 0.417 e. The number of ether oxygens (including phenoxy) is 1. The van der Waals surface area contributed by atoms with Crippen LogP contribution in [-0.4, -0.2) is 60.3 Å². The van der Waals surface area contributed by atoms with Crippen molar-refractivity contribution in [1.82, 2.24) is 9.80 Å². The van der Waals surface area contributed by atoms with Crippen molar-refractivity contribution in [3.8, 4) is 6.07 Å². The molecule has 0 bridgehead atoms. The summed E-state index contributed by atoms with van der Waals surface area (Å²) in [5.41, 5.74) is -1.56. The second kappa shape index (κ2) is 17.0. The van der Waals surface area contributed by atoms with Gasteiger partial charge in [-0.3, -0.25) is 10.3 Å². The summed E-state index contributed by atoms with van der Waals surface area (Å²) in [6, 6.07) is 4.30. The maximum atomic E-state index is 17.5. The summed E-state index contributed by atoms with van der Waals surface area (Å²) in [7, 11) is 3.57. The number of alkyl halides is 4. The molecule has 284 valence electrons. The highest BCUT2D eigenvalue weighted by atomic mass is 32.2. The van der Waals surface area contributed by atoms with E-state index >= 15 is 22.0 Å². The van der Waals surface area contributed by atoms with E-state index in [-0.39, 0.29) is 80.3 Å². The van der Waals surface area contributed by atoms with Crippen LogP contribution in [0.2, 0.25) is 0 Å². The van der Waals surface area contributed by atoms with Gasteiger partial charge in [0.1, 0.15) is 29.7 Å². The molecule has 2 N–H and O–H groups in total. The minimum absolute atomic E-state index is 0.0527. The molecule has 6 nitrogen and oxygen atoms in total. The predicted molar refractivity (Wildman–Crippen MR) is 195 cm³/mol. The number of rotatable bonds is 13. The molecule has 2 aliphatic heterocycles. The van der Waals surface area contributed by atoms with Gasteiger partial charge >= 0.3 is 6.18 Å². The zero-order valence-corrected chi connectivity index (χ0v) is 31.9. The van der Waals surface area contributed by atoms with Gasteiger partial charge in [-0.25, -0.2) is 13.2 Å². The van der Waals surface area contributed by atoms with Crippen LogP contribution in [0.15, 0.2) is 35.1 Å². The van der Waals surface area contributed by atoms with Gasteiger partial charge in [0.15, 0.2) is 11.7 Å². The molecule has 2 aliphatic rings. The summed E-state index contributed by atoms with van der Waals surface area (Å²) >= 11 is 0.603. The zero-order chi connectivity index (χ0) is 38.7. The molecule has 0 aliphatic carbocycles. The van der Waals surface area contributed by atoms with Crippen LogP contribution in [0.25, 0.3) is 11.3 Å². The van der Waals surface area contributed by atoms with E-state index in [1.54, 1.807) is 33.2 Å². The van der Waals surface area contributed by atoms with Crippen LogP contribution in [0.1, 0.15) is 79.2 Å². The monoisotopic (exact) mass is 749 g/mol. The smallest absolute Gasteiger partial charge is 0.417 e. The molecule has 0 amide bonds. The number of nitrogens with zero attached hydrogens (tertiary/aromatic N) is 3. The van der Waals surface area contributed by atoms with Gasteiger partial charge < -0.3 is 15.0 Å². The third-order valence-corrected chi connectivity index (χ3v) is 11.3. The molecule has 4 atom stereocenters. The highest BCUT2D eigenvalue weighted by Gasteiger charge is 2.36. The standard InChI is InChI=1S/C39H49F6N5OS/c1-9-11-32(51-20-25-16-24(40)19-49(25)7)48-36-27(23(6)50(8)31(21(3)4)15-12-22(5)10-2)17-29(39(43,44)45)34(35(36)42)26-13-14-30(41)37-33(26)28(18-46)38(47)52-37/h11,13-14,17,21-22,24-25,31,47-48H,9-10,12,15-16,19-20H2,1-8H3/b27-23+,32-11-,34-26-,47-38?. The highest BCUT2D eigenvalue weighted by Crippen LogP contribution is 2.35. The number of fused-ring (bicyclic) bond motifs is 1. The lowest BCUT2D eigenvalue weighted by atomic mass is 9.92.